The number of rotatable bonds is 4. The largest absolute Gasteiger partial charge is 0.376 e. The van der Waals surface area contributed by atoms with Gasteiger partial charge in [-0.1, -0.05) is 6.42 Å². The van der Waals surface area contributed by atoms with Gasteiger partial charge in [-0.05, 0) is 25.7 Å². The van der Waals surface area contributed by atoms with Gasteiger partial charge in [0, 0.05) is 26.1 Å². The standard InChI is InChI=1S/C14H23N5O2/c20-14(15-9-11-5-4-8-21-11)16-10-13-18-17-12-6-2-1-3-7-19(12)13/h11H,1-10H2,(H2,15,16,20)/t11-/m1/s1. The van der Waals surface area contributed by atoms with E-state index >= 15 is 0 Å². The van der Waals surface area contributed by atoms with Crippen LogP contribution in [0.5, 0.6) is 0 Å². The number of ether oxygens (including phenoxy) is 1. The fourth-order valence-electron chi connectivity index (χ4n) is 2.91. The van der Waals surface area contributed by atoms with Gasteiger partial charge >= 0.3 is 6.03 Å². The first-order valence-corrected chi connectivity index (χ1v) is 7.87. The highest BCUT2D eigenvalue weighted by Gasteiger charge is 2.17. The third-order valence-corrected chi connectivity index (χ3v) is 4.11. The molecule has 1 aromatic rings. The summed E-state index contributed by atoms with van der Waals surface area (Å²) in [6.45, 7) is 2.75. The van der Waals surface area contributed by atoms with Crippen molar-refractivity contribution in [1.29, 1.82) is 0 Å². The van der Waals surface area contributed by atoms with E-state index in [0.29, 0.717) is 13.1 Å². The predicted molar refractivity (Wildman–Crippen MR) is 76.8 cm³/mol. The molecule has 7 heteroatoms. The van der Waals surface area contributed by atoms with Crippen LogP contribution in [-0.2, 0) is 24.2 Å². The average Bonchev–Trinajstić information content (AvgIpc) is 3.08. The van der Waals surface area contributed by atoms with Gasteiger partial charge in [-0.15, -0.1) is 10.2 Å². The third-order valence-electron chi connectivity index (χ3n) is 4.11. The van der Waals surface area contributed by atoms with Crippen molar-refractivity contribution in [2.45, 2.75) is 57.7 Å². The molecule has 2 amide bonds. The molecular weight excluding hydrogens is 270 g/mol. The number of nitrogens with one attached hydrogen (secondary N) is 2. The van der Waals surface area contributed by atoms with Crippen molar-refractivity contribution in [3.8, 4) is 0 Å². The summed E-state index contributed by atoms with van der Waals surface area (Å²) in [7, 11) is 0. The van der Waals surface area contributed by atoms with Gasteiger partial charge in [0.2, 0.25) is 0 Å². The molecule has 3 rings (SSSR count). The molecule has 2 aliphatic heterocycles. The van der Waals surface area contributed by atoms with Gasteiger partial charge in [0.25, 0.3) is 0 Å². The highest BCUT2D eigenvalue weighted by Crippen LogP contribution is 2.14. The van der Waals surface area contributed by atoms with Crippen molar-refractivity contribution in [2.24, 2.45) is 0 Å². The minimum Gasteiger partial charge on any atom is -0.376 e. The lowest BCUT2D eigenvalue weighted by molar-refractivity contribution is 0.111. The minimum atomic E-state index is -0.170. The summed E-state index contributed by atoms with van der Waals surface area (Å²) < 4.78 is 7.62. The predicted octanol–water partition coefficient (Wildman–Crippen LogP) is 0.983. The molecule has 21 heavy (non-hydrogen) atoms. The van der Waals surface area contributed by atoms with Crippen molar-refractivity contribution in [2.75, 3.05) is 13.2 Å². The summed E-state index contributed by atoms with van der Waals surface area (Å²) in [4.78, 5) is 11.8. The first kappa shape index (κ1) is 14.3. The van der Waals surface area contributed by atoms with Crippen LogP contribution < -0.4 is 10.6 Å². The SMILES string of the molecule is O=C(NCc1nnc2n1CCCCC2)NC[C@H]1CCCO1. The molecule has 7 nitrogen and oxygen atoms in total. The van der Waals surface area contributed by atoms with Crippen LogP contribution in [0, 0.1) is 0 Å². The first-order valence-electron chi connectivity index (χ1n) is 7.87. The summed E-state index contributed by atoms with van der Waals surface area (Å²) in [6.07, 6.45) is 6.82. The lowest BCUT2D eigenvalue weighted by Gasteiger charge is -2.12. The smallest absolute Gasteiger partial charge is 0.315 e. The average molecular weight is 293 g/mol. The Morgan fingerprint density at radius 3 is 3.05 bits per heavy atom. The van der Waals surface area contributed by atoms with Gasteiger partial charge in [0.15, 0.2) is 5.82 Å². The maximum atomic E-state index is 11.8. The van der Waals surface area contributed by atoms with E-state index in [1.165, 1.54) is 12.8 Å². The Balaban J connectivity index is 1.46. The second-order valence-electron chi connectivity index (χ2n) is 5.69. The molecule has 0 aliphatic carbocycles. The van der Waals surface area contributed by atoms with E-state index in [-0.39, 0.29) is 12.1 Å². The molecule has 1 fully saturated rings. The number of aromatic nitrogens is 3. The van der Waals surface area contributed by atoms with Crippen LogP contribution in [0.1, 0.15) is 43.8 Å². The molecule has 0 spiro atoms. The van der Waals surface area contributed by atoms with Crippen LogP contribution >= 0.6 is 0 Å². The number of nitrogens with zero attached hydrogens (tertiary/aromatic N) is 3. The molecule has 3 heterocycles. The van der Waals surface area contributed by atoms with Gasteiger partial charge in [-0.2, -0.15) is 0 Å². The van der Waals surface area contributed by atoms with Crippen molar-refractivity contribution in [3.63, 3.8) is 0 Å². The van der Waals surface area contributed by atoms with Gasteiger partial charge < -0.3 is 19.9 Å². The maximum absolute atomic E-state index is 11.8. The van der Waals surface area contributed by atoms with Crippen LogP contribution in [0.4, 0.5) is 4.79 Å². The summed E-state index contributed by atoms with van der Waals surface area (Å²) >= 11 is 0. The van der Waals surface area contributed by atoms with Crippen LogP contribution in [-0.4, -0.2) is 40.1 Å². The Morgan fingerprint density at radius 1 is 1.24 bits per heavy atom. The Labute approximate surface area is 124 Å². The van der Waals surface area contributed by atoms with E-state index in [4.69, 9.17) is 4.74 Å². The molecule has 116 valence electrons. The number of hydrogen-bond donors (Lipinski definition) is 2. The van der Waals surface area contributed by atoms with Crippen LogP contribution in [0.2, 0.25) is 0 Å². The summed E-state index contributed by atoms with van der Waals surface area (Å²) in [5.41, 5.74) is 0. The van der Waals surface area contributed by atoms with Crippen LogP contribution in [0.15, 0.2) is 0 Å². The Bertz CT molecular complexity index is 482. The quantitative estimate of drug-likeness (QED) is 0.867. The number of carbonyl (C=O) groups is 1. The van der Waals surface area contributed by atoms with Crippen LogP contribution in [0.3, 0.4) is 0 Å². The molecule has 0 unspecified atom stereocenters. The fraction of sp³-hybridized carbons (Fsp3) is 0.786. The van der Waals surface area contributed by atoms with E-state index in [2.05, 4.69) is 25.4 Å². The fourth-order valence-corrected chi connectivity index (χ4v) is 2.91. The highest BCUT2D eigenvalue weighted by atomic mass is 16.5. The van der Waals surface area contributed by atoms with E-state index in [1.807, 2.05) is 0 Å². The van der Waals surface area contributed by atoms with Gasteiger partial charge in [-0.25, -0.2) is 4.79 Å². The molecular formula is C14H23N5O2. The number of amides is 2. The molecule has 2 aliphatic rings. The van der Waals surface area contributed by atoms with E-state index < -0.39 is 0 Å². The topological polar surface area (TPSA) is 81.1 Å². The van der Waals surface area contributed by atoms with Crippen molar-refractivity contribution in [1.82, 2.24) is 25.4 Å². The van der Waals surface area contributed by atoms with E-state index in [0.717, 1.165) is 50.5 Å². The number of fused-ring (bicyclic) bond motifs is 1. The van der Waals surface area contributed by atoms with Crippen molar-refractivity contribution >= 4 is 6.03 Å². The third kappa shape index (κ3) is 3.72. The number of aryl methyl sites for hydroxylation is 1. The lowest BCUT2D eigenvalue weighted by atomic mass is 10.2. The van der Waals surface area contributed by atoms with Gasteiger partial charge in [0.1, 0.15) is 5.82 Å². The zero-order valence-electron chi connectivity index (χ0n) is 12.3. The zero-order chi connectivity index (χ0) is 14.5. The maximum Gasteiger partial charge on any atom is 0.315 e. The minimum absolute atomic E-state index is 0.167. The molecule has 0 radical (unpaired) electrons. The van der Waals surface area contributed by atoms with E-state index in [1.54, 1.807) is 0 Å². The number of urea groups is 1. The van der Waals surface area contributed by atoms with E-state index in [9.17, 15) is 4.79 Å². The summed E-state index contributed by atoms with van der Waals surface area (Å²) in [5.74, 6) is 1.89. The first-order chi connectivity index (χ1) is 10.3. The monoisotopic (exact) mass is 293 g/mol. The van der Waals surface area contributed by atoms with Crippen LogP contribution in [0.25, 0.3) is 0 Å². The Kier molecular flexibility index (Phi) is 4.69. The second kappa shape index (κ2) is 6.89. The zero-order valence-corrected chi connectivity index (χ0v) is 12.3. The molecule has 1 saturated heterocycles. The normalized spacial score (nSPS) is 21.6. The number of carbonyl (C=O) groups excluding carboxylic acids is 1. The lowest BCUT2D eigenvalue weighted by Crippen LogP contribution is -2.39. The molecule has 0 aromatic carbocycles. The molecule has 0 saturated carbocycles. The molecule has 2 N–H and O–H groups in total. The summed E-state index contributed by atoms with van der Waals surface area (Å²) in [5, 5.41) is 14.1. The Morgan fingerprint density at radius 2 is 2.19 bits per heavy atom. The number of hydrogen-bond acceptors (Lipinski definition) is 4. The molecule has 0 bridgehead atoms. The Hall–Kier alpha value is -1.63. The van der Waals surface area contributed by atoms with Crippen molar-refractivity contribution < 1.29 is 9.53 Å². The van der Waals surface area contributed by atoms with Gasteiger partial charge in [-0.3, -0.25) is 0 Å². The molecule has 1 aromatic heterocycles. The molecule has 1 atom stereocenters. The summed E-state index contributed by atoms with van der Waals surface area (Å²) in [6, 6.07) is -0.170. The second-order valence-corrected chi connectivity index (χ2v) is 5.69. The van der Waals surface area contributed by atoms with Crippen molar-refractivity contribution in [3.05, 3.63) is 11.6 Å². The highest BCUT2D eigenvalue weighted by molar-refractivity contribution is 5.73. The van der Waals surface area contributed by atoms with Gasteiger partial charge in [0.05, 0.1) is 12.6 Å².